The maximum atomic E-state index is 13.3. The van der Waals surface area contributed by atoms with Crippen LogP contribution in [0.2, 0.25) is 0 Å². The number of rotatable bonds is 11. The first-order valence-corrected chi connectivity index (χ1v) is 13.0. The van der Waals surface area contributed by atoms with Crippen LogP contribution in [0, 0.1) is 0 Å². The molecule has 0 aliphatic carbocycles. The lowest BCUT2D eigenvalue weighted by atomic mass is 9.95. The van der Waals surface area contributed by atoms with Crippen molar-refractivity contribution in [2.45, 2.75) is 32.2 Å². The van der Waals surface area contributed by atoms with E-state index >= 15 is 0 Å². The molecular weight excluding hydrogens is 472 g/mol. The number of amides is 1. The predicted octanol–water partition coefficient (Wildman–Crippen LogP) is 4.02. The lowest BCUT2D eigenvalue weighted by Crippen LogP contribution is -2.42. The van der Waals surface area contributed by atoms with E-state index in [1.54, 1.807) is 36.3 Å². The van der Waals surface area contributed by atoms with Crippen LogP contribution >= 0.6 is 0 Å². The van der Waals surface area contributed by atoms with Crippen molar-refractivity contribution < 1.29 is 28.9 Å². The summed E-state index contributed by atoms with van der Waals surface area (Å²) >= 11 is 0. The second-order valence-corrected chi connectivity index (χ2v) is 9.30. The Bertz CT molecular complexity index is 1090. The lowest BCUT2D eigenvalue weighted by molar-refractivity contribution is -0.140. The number of methoxy groups -OCH3 is 1. The molecule has 0 saturated carbocycles. The zero-order valence-electron chi connectivity index (χ0n) is 21.7. The van der Waals surface area contributed by atoms with E-state index in [0.29, 0.717) is 44.2 Å². The third kappa shape index (κ3) is 6.32. The highest BCUT2D eigenvalue weighted by Gasteiger charge is 2.46. The number of ketones is 1. The van der Waals surface area contributed by atoms with Gasteiger partial charge in [0.2, 0.25) is 0 Å². The molecule has 0 spiro atoms. The van der Waals surface area contributed by atoms with E-state index in [1.807, 2.05) is 24.3 Å². The van der Waals surface area contributed by atoms with Crippen LogP contribution in [0.15, 0.2) is 54.1 Å². The maximum absolute atomic E-state index is 13.3. The summed E-state index contributed by atoms with van der Waals surface area (Å²) in [7, 11) is 1.56. The van der Waals surface area contributed by atoms with Gasteiger partial charge in [0.25, 0.3) is 11.7 Å². The fraction of sp³-hybridized carbons (Fsp3) is 0.448. The summed E-state index contributed by atoms with van der Waals surface area (Å²) in [6.45, 7) is 6.64. The van der Waals surface area contributed by atoms with Gasteiger partial charge in [-0.05, 0) is 48.4 Å². The first kappa shape index (κ1) is 26.7. The molecule has 2 aliphatic heterocycles. The first-order valence-electron chi connectivity index (χ1n) is 13.0. The van der Waals surface area contributed by atoms with Gasteiger partial charge in [0.1, 0.15) is 17.3 Å². The average Bonchev–Trinajstić information content (AvgIpc) is 3.19. The average molecular weight is 509 g/mol. The molecule has 2 aromatic rings. The smallest absolute Gasteiger partial charge is 0.295 e. The van der Waals surface area contributed by atoms with Crippen molar-refractivity contribution in [1.82, 2.24) is 9.80 Å². The quantitative estimate of drug-likeness (QED) is 0.212. The molecule has 0 bridgehead atoms. The van der Waals surface area contributed by atoms with Crippen LogP contribution in [0.3, 0.4) is 0 Å². The third-order valence-corrected chi connectivity index (χ3v) is 6.88. The number of ether oxygens (including phenoxy) is 3. The molecule has 37 heavy (non-hydrogen) atoms. The Morgan fingerprint density at radius 3 is 2.30 bits per heavy atom. The summed E-state index contributed by atoms with van der Waals surface area (Å²) in [6.07, 6.45) is 3.22. The summed E-state index contributed by atoms with van der Waals surface area (Å²) in [5.41, 5.74) is 1.29. The zero-order chi connectivity index (χ0) is 26.2. The summed E-state index contributed by atoms with van der Waals surface area (Å²) in [5.74, 6) is -0.109. The van der Waals surface area contributed by atoms with Crippen molar-refractivity contribution in [1.29, 1.82) is 0 Å². The van der Waals surface area contributed by atoms with Crippen LogP contribution in [0.5, 0.6) is 11.5 Å². The molecule has 8 heteroatoms. The van der Waals surface area contributed by atoms with Gasteiger partial charge in [-0.1, -0.05) is 31.9 Å². The minimum Gasteiger partial charge on any atom is -0.507 e. The van der Waals surface area contributed by atoms with E-state index in [9.17, 15) is 14.7 Å². The van der Waals surface area contributed by atoms with Gasteiger partial charge in [0.05, 0.1) is 38.5 Å². The van der Waals surface area contributed by atoms with Gasteiger partial charge in [-0.25, -0.2) is 0 Å². The number of likely N-dealkylation sites (tertiary alicyclic amines) is 1. The lowest BCUT2D eigenvalue weighted by Gasteiger charge is -2.31. The predicted molar refractivity (Wildman–Crippen MR) is 141 cm³/mol. The minimum atomic E-state index is -0.697. The number of hydrogen-bond acceptors (Lipinski definition) is 7. The number of hydrogen-bond donors (Lipinski definition) is 1. The van der Waals surface area contributed by atoms with E-state index in [1.165, 1.54) is 0 Å². The molecule has 1 unspecified atom stereocenters. The molecule has 0 radical (unpaired) electrons. The third-order valence-electron chi connectivity index (χ3n) is 6.88. The van der Waals surface area contributed by atoms with Crippen molar-refractivity contribution in [2.75, 3.05) is 53.1 Å². The number of carbonyl (C=O) groups excluding carboxylic acids is 2. The van der Waals surface area contributed by atoms with E-state index in [4.69, 9.17) is 14.2 Å². The van der Waals surface area contributed by atoms with E-state index in [2.05, 4.69) is 11.8 Å². The fourth-order valence-corrected chi connectivity index (χ4v) is 4.72. The monoisotopic (exact) mass is 508 g/mol. The molecule has 2 aliphatic rings. The first-order chi connectivity index (χ1) is 18.0. The van der Waals surface area contributed by atoms with Crippen LogP contribution in [-0.2, 0) is 14.3 Å². The largest absolute Gasteiger partial charge is 0.507 e. The SMILES string of the molecule is CCCCCOc1ccc(C2C(=C(O)c3ccc(OC)cc3)C(=O)C(=O)N2CCN2CCOCC2)cc1. The number of morpholine rings is 1. The number of nitrogens with zero attached hydrogens (tertiary/aromatic N) is 2. The van der Waals surface area contributed by atoms with Crippen LogP contribution in [0.4, 0.5) is 0 Å². The summed E-state index contributed by atoms with van der Waals surface area (Å²) < 4.78 is 16.5. The van der Waals surface area contributed by atoms with Crippen molar-refractivity contribution in [3.8, 4) is 11.5 Å². The number of benzene rings is 2. The van der Waals surface area contributed by atoms with Gasteiger partial charge in [-0.3, -0.25) is 14.5 Å². The molecular formula is C29H36N2O6. The summed E-state index contributed by atoms with van der Waals surface area (Å²) in [4.78, 5) is 30.3. The van der Waals surface area contributed by atoms with Gasteiger partial charge in [-0.2, -0.15) is 0 Å². The van der Waals surface area contributed by atoms with Crippen LogP contribution < -0.4 is 9.47 Å². The Morgan fingerprint density at radius 1 is 0.973 bits per heavy atom. The molecule has 8 nitrogen and oxygen atoms in total. The molecule has 4 rings (SSSR count). The minimum absolute atomic E-state index is 0.0914. The Morgan fingerprint density at radius 2 is 1.65 bits per heavy atom. The highest BCUT2D eigenvalue weighted by molar-refractivity contribution is 6.46. The van der Waals surface area contributed by atoms with Gasteiger partial charge < -0.3 is 24.2 Å². The Hall–Kier alpha value is -3.36. The number of aliphatic hydroxyl groups is 1. The van der Waals surface area contributed by atoms with Crippen molar-refractivity contribution in [2.24, 2.45) is 0 Å². The van der Waals surface area contributed by atoms with Gasteiger partial charge in [0.15, 0.2) is 0 Å². The molecule has 0 aromatic heterocycles. The zero-order valence-corrected chi connectivity index (χ0v) is 21.7. The Kier molecular flexibility index (Phi) is 9.19. The highest BCUT2D eigenvalue weighted by Crippen LogP contribution is 2.40. The van der Waals surface area contributed by atoms with Crippen LogP contribution in [0.25, 0.3) is 5.76 Å². The molecule has 2 heterocycles. The maximum Gasteiger partial charge on any atom is 0.295 e. The van der Waals surface area contributed by atoms with Gasteiger partial charge in [-0.15, -0.1) is 0 Å². The van der Waals surface area contributed by atoms with E-state index in [-0.39, 0.29) is 11.3 Å². The van der Waals surface area contributed by atoms with E-state index in [0.717, 1.165) is 43.7 Å². The molecule has 1 atom stereocenters. The molecule has 1 N–H and O–H groups in total. The Labute approximate surface area is 218 Å². The van der Waals surface area contributed by atoms with Crippen molar-refractivity contribution in [3.63, 3.8) is 0 Å². The molecule has 2 aromatic carbocycles. The van der Waals surface area contributed by atoms with Gasteiger partial charge >= 0.3 is 0 Å². The molecule has 1 amide bonds. The summed E-state index contributed by atoms with van der Waals surface area (Å²) in [5, 5.41) is 11.2. The second-order valence-electron chi connectivity index (χ2n) is 9.30. The standard InChI is InChI=1S/C29H36N2O6/c1-3-4-5-18-37-24-12-6-21(7-13-24)26-25(27(32)22-8-10-23(35-2)11-9-22)28(33)29(34)31(26)15-14-30-16-19-36-20-17-30/h6-13,26,32H,3-5,14-20H2,1-2H3. The number of Topliss-reactive ketones (excluding diaryl/α,β-unsaturated/α-hetero) is 1. The topological polar surface area (TPSA) is 88.5 Å². The summed E-state index contributed by atoms with van der Waals surface area (Å²) in [6, 6.07) is 13.5. The van der Waals surface area contributed by atoms with Crippen molar-refractivity contribution in [3.05, 3.63) is 65.2 Å². The molecule has 2 saturated heterocycles. The van der Waals surface area contributed by atoms with Gasteiger partial charge in [0, 0.05) is 31.7 Å². The fourth-order valence-electron chi connectivity index (χ4n) is 4.72. The number of carbonyl (C=O) groups is 2. The number of aliphatic hydroxyl groups excluding tert-OH is 1. The molecule has 198 valence electrons. The highest BCUT2D eigenvalue weighted by atomic mass is 16.5. The normalized spacial score (nSPS) is 19.8. The van der Waals surface area contributed by atoms with Crippen LogP contribution in [-0.4, -0.2) is 79.7 Å². The van der Waals surface area contributed by atoms with Crippen molar-refractivity contribution >= 4 is 17.4 Å². The van der Waals surface area contributed by atoms with E-state index < -0.39 is 17.7 Å². The Balaban J connectivity index is 1.64. The molecule has 2 fully saturated rings. The number of unbranched alkanes of at least 4 members (excludes halogenated alkanes) is 2. The van der Waals surface area contributed by atoms with Crippen LogP contribution in [0.1, 0.15) is 43.4 Å². The second kappa shape index (κ2) is 12.7.